The lowest BCUT2D eigenvalue weighted by Gasteiger charge is -2.38. The molecule has 148 valence electrons. The highest BCUT2D eigenvalue weighted by atomic mass is 32.2. The highest BCUT2D eigenvalue weighted by Gasteiger charge is 2.43. The van der Waals surface area contributed by atoms with Crippen molar-refractivity contribution in [1.82, 2.24) is 10.2 Å². The number of hydrogen-bond acceptors (Lipinski definition) is 3. The molecule has 2 fully saturated rings. The Balaban J connectivity index is 1.49. The summed E-state index contributed by atoms with van der Waals surface area (Å²) in [5.41, 5.74) is 1.37. The van der Waals surface area contributed by atoms with Gasteiger partial charge < -0.3 is 10.2 Å². The van der Waals surface area contributed by atoms with Gasteiger partial charge in [0.25, 0.3) is 0 Å². The first-order chi connectivity index (χ1) is 13.1. The lowest BCUT2D eigenvalue weighted by Crippen LogP contribution is -2.57. The minimum absolute atomic E-state index is 0.0160. The van der Waals surface area contributed by atoms with E-state index in [1.165, 1.54) is 5.56 Å². The number of piperidine rings is 1. The van der Waals surface area contributed by atoms with Crippen molar-refractivity contribution in [3.8, 4) is 0 Å². The van der Waals surface area contributed by atoms with Crippen LogP contribution in [0.2, 0.25) is 0 Å². The van der Waals surface area contributed by atoms with Crippen LogP contribution in [0.3, 0.4) is 0 Å². The van der Waals surface area contributed by atoms with Crippen LogP contribution in [-0.4, -0.2) is 46.3 Å². The molecule has 2 heterocycles. The van der Waals surface area contributed by atoms with E-state index >= 15 is 0 Å². The zero-order valence-corrected chi connectivity index (χ0v) is 17.3. The predicted octanol–water partition coefficient (Wildman–Crippen LogP) is 3.65. The number of thioether (sulfide) groups is 1. The molecule has 0 bridgehead atoms. The van der Waals surface area contributed by atoms with Gasteiger partial charge in [0.1, 0.15) is 6.04 Å². The van der Waals surface area contributed by atoms with Gasteiger partial charge in [-0.3, -0.25) is 9.59 Å². The van der Waals surface area contributed by atoms with Gasteiger partial charge in [0.15, 0.2) is 0 Å². The van der Waals surface area contributed by atoms with Crippen molar-refractivity contribution in [1.29, 1.82) is 0 Å². The van der Waals surface area contributed by atoms with Crippen LogP contribution in [0.15, 0.2) is 30.3 Å². The molecule has 0 radical (unpaired) electrons. The second kappa shape index (κ2) is 9.63. The third kappa shape index (κ3) is 5.07. The first-order valence-corrected chi connectivity index (χ1v) is 11.5. The van der Waals surface area contributed by atoms with Gasteiger partial charge >= 0.3 is 0 Å². The van der Waals surface area contributed by atoms with E-state index in [2.05, 4.69) is 34.5 Å². The summed E-state index contributed by atoms with van der Waals surface area (Å²) < 4.78 is 0. The summed E-state index contributed by atoms with van der Waals surface area (Å²) in [7, 11) is 0. The smallest absolute Gasteiger partial charge is 0.245 e. The van der Waals surface area contributed by atoms with Crippen molar-refractivity contribution >= 4 is 23.6 Å². The number of carbonyl (C=O) groups excluding carboxylic acids is 2. The Morgan fingerprint density at radius 3 is 2.70 bits per heavy atom. The van der Waals surface area contributed by atoms with Crippen LogP contribution in [0.4, 0.5) is 0 Å². The number of rotatable bonds is 8. The number of aryl methyl sites for hydroxylation is 1. The maximum atomic E-state index is 13.0. The quantitative estimate of drug-likeness (QED) is 0.692. The summed E-state index contributed by atoms with van der Waals surface area (Å²) in [6.07, 6.45) is 5.89. The van der Waals surface area contributed by atoms with Gasteiger partial charge in [0.05, 0.1) is 0 Å². The number of nitrogens with one attached hydrogen (secondary N) is 1. The number of fused-ring (bicyclic) bond motifs is 1. The standard InChI is InChI=1S/C22H32N2O2S/c1-3-16(2)21(25)23-20-12-11-18-9-10-19(24(18)22(20)26)15-27-14-13-17-7-5-4-6-8-17/h4-8,16,18-20H,3,9-15H2,1-2H3,(H,23,25)/t16?,18-,19+,20+/m1/s1. The molecule has 2 aliphatic rings. The normalized spacial score (nSPS) is 25.9. The van der Waals surface area contributed by atoms with E-state index in [0.29, 0.717) is 12.1 Å². The zero-order chi connectivity index (χ0) is 19.2. The van der Waals surface area contributed by atoms with Crippen LogP contribution >= 0.6 is 11.8 Å². The van der Waals surface area contributed by atoms with Crippen molar-refractivity contribution in [3.63, 3.8) is 0 Å². The molecule has 1 N–H and O–H groups in total. The molecule has 2 saturated heterocycles. The molecule has 4 atom stereocenters. The summed E-state index contributed by atoms with van der Waals surface area (Å²) in [5, 5.41) is 3.00. The Labute approximate surface area is 167 Å². The minimum Gasteiger partial charge on any atom is -0.344 e. The average molecular weight is 389 g/mol. The van der Waals surface area contributed by atoms with E-state index in [9.17, 15) is 9.59 Å². The van der Waals surface area contributed by atoms with Crippen LogP contribution < -0.4 is 5.32 Å². The summed E-state index contributed by atoms with van der Waals surface area (Å²) in [5.74, 6) is 2.22. The molecule has 4 nitrogen and oxygen atoms in total. The van der Waals surface area contributed by atoms with Crippen molar-refractivity contribution < 1.29 is 9.59 Å². The van der Waals surface area contributed by atoms with E-state index in [1.807, 2.05) is 31.7 Å². The van der Waals surface area contributed by atoms with Gasteiger partial charge in [0, 0.05) is 23.8 Å². The molecule has 1 aromatic rings. The van der Waals surface area contributed by atoms with E-state index in [0.717, 1.165) is 50.0 Å². The number of benzene rings is 1. The fraction of sp³-hybridized carbons (Fsp3) is 0.636. The molecule has 27 heavy (non-hydrogen) atoms. The number of hydrogen-bond donors (Lipinski definition) is 1. The second-order valence-corrected chi connectivity index (χ2v) is 9.04. The number of carbonyl (C=O) groups is 2. The minimum atomic E-state index is -0.322. The Bertz CT molecular complexity index is 636. The Hall–Kier alpha value is -1.49. The van der Waals surface area contributed by atoms with E-state index in [4.69, 9.17) is 0 Å². The topological polar surface area (TPSA) is 49.4 Å². The Morgan fingerprint density at radius 1 is 1.22 bits per heavy atom. The number of nitrogens with zero attached hydrogens (tertiary/aromatic N) is 1. The largest absolute Gasteiger partial charge is 0.344 e. The third-order valence-corrected chi connectivity index (χ3v) is 7.14. The van der Waals surface area contributed by atoms with Crippen LogP contribution in [0.25, 0.3) is 0 Å². The summed E-state index contributed by atoms with van der Waals surface area (Å²) in [4.78, 5) is 27.4. The Morgan fingerprint density at radius 2 is 1.96 bits per heavy atom. The van der Waals surface area contributed by atoms with Gasteiger partial charge in [0.2, 0.25) is 11.8 Å². The molecule has 5 heteroatoms. The Kier molecular flexibility index (Phi) is 7.22. The van der Waals surface area contributed by atoms with Gasteiger partial charge in [-0.15, -0.1) is 0 Å². The second-order valence-electron chi connectivity index (χ2n) is 7.89. The molecule has 1 unspecified atom stereocenters. The van der Waals surface area contributed by atoms with Crippen LogP contribution in [0.1, 0.15) is 51.5 Å². The van der Waals surface area contributed by atoms with Crippen LogP contribution in [0, 0.1) is 5.92 Å². The molecular formula is C22H32N2O2S. The van der Waals surface area contributed by atoms with Gasteiger partial charge in [-0.25, -0.2) is 0 Å². The molecule has 2 amide bonds. The maximum absolute atomic E-state index is 13.0. The van der Waals surface area contributed by atoms with Crippen LogP contribution in [0.5, 0.6) is 0 Å². The SMILES string of the molecule is CCC(C)C(=O)N[C@H]1CC[C@H]2CC[C@@H](CSCCc3ccccc3)N2C1=O. The lowest BCUT2D eigenvalue weighted by atomic mass is 9.97. The number of amides is 2. The highest BCUT2D eigenvalue weighted by molar-refractivity contribution is 7.99. The summed E-state index contributed by atoms with van der Waals surface area (Å²) >= 11 is 1.95. The summed E-state index contributed by atoms with van der Waals surface area (Å²) in [6.45, 7) is 3.93. The fourth-order valence-corrected chi connectivity index (χ4v) is 5.26. The van der Waals surface area contributed by atoms with Gasteiger partial charge in [-0.05, 0) is 49.8 Å². The molecular weight excluding hydrogens is 356 g/mol. The summed E-state index contributed by atoms with van der Waals surface area (Å²) in [6, 6.07) is 10.9. The predicted molar refractivity (Wildman–Crippen MR) is 112 cm³/mol. The maximum Gasteiger partial charge on any atom is 0.245 e. The fourth-order valence-electron chi connectivity index (χ4n) is 4.12. The molecule has 0 aromatic heterocycles. The third-order valence-electron chi connectivity index (χ3n) is 6.03. The molecule has 0 saturated carbocycles. The molecule has 3 rings (SSSR count). The van der Waals surface area contributed by atoms with Crippen molar-refractivity contribution in [2.75, 3.05) is 11.5 Å². The molecule has 0 spiro atoms. The molecule has 2 aliphatic heterocycles. The lowest BCUT2D eigenvalue weighted by molar-refractivity contribution is -0.142. The highest BCUT2D eigenvalue weighted by Crippen LogP contribution is 2.34. The van der Waals surface area contributed by atoms with E-state index in [-0.39, 0.29) is 23.8 Å². The monoisotopic (exact) mass is 388 g/mol. The van der Waals surface area contributed by atoms with Gasteiger partial charge in [-0.2, -0.15) is 11.8 Å². The van der Waals surface area contributed by atoms with Crippen molar-refractivity contribution in [2.24, 2.45) is 5.92 Å². The first-order valence-electron chi connectivity index (χ1n) is 10.3. The van der Waals surface area contributed by atoms with E-state index in [1.54, 1.807) is 0 Å². The first kappa shape index (κ1) is 20.2. The van der Waals surface area contributed by atoms with Crippen LogP contribution in [-0.2, 0) is 16.0 Å². The molecule has 0 aliphatic carbocycles. The zero-order valence-electron chi connectivity index (χ0n) is 16.5. The van der Waals surface area contributed by atoms with Crippen molar-refractivity contribution in [2.45, 2.75) is 70.5 Å². The van der Waals surface area contributed by atoms with Gasteiger partial charge in [-0.1, -0.05) is 44.2 Å². The van der Waals surface area contributed by atoms with Crippen molar-refractivity contribution in [3.05, 3.63) is 35.9 Å². The van der Waals surface area contributed by atoms with E-state index < -0.39 is 0 Å². The average Bonchev–Trinajstić information content (AvgIpc) is 3.11. The molecule has 1 aromatic carbocycles.